The lowest BCUT2D eigenvalue weighted by molar-refractivity contribution is -0.139. The molecule has 1 aliphatic carbocycles. The van der Waals surface area contributed by atoms with Crippen LogP contribution in [0.5, 0.6) is 0 Å². The summed E-state index contributed by atoms with van der Waals surface area (Å²) in [5.41, 5.74) is 8.99. The van der Waals surface area contributed by atoms with Crippen LogP contribution < -0.4 is 5.73 Å². The fourth-order valence-electron chi connectivity index (χ4n) is 2.27. The molecule has 1 aromatic carbocycles. The second kappa shape index (κ2) is 3.66. The average molecular weight is 205 g/mol. The molecule has 0 spiro atoms. The molecule has 2 rings (SSSR count). The summed E-state index contributed by atoms with van der Waals surface area (Å²) in [7, 11) is 0. The van der Waals surface area contributed by atoms with E-state index in [0.29, 0.717) is 0 Å². The minimum absolute atomic E-state index is 0.253. The normalized spacial score (nSPS) is 24.7. The first kappa shape index (κ1) is 10.2. The number of nitrogens with two attached hydrogens (primary N) is 1. The van der Waals surface area contributed by atoms with Crippen LogP contribution >= 0.6 is 0 Å². The quantitative estimate of drug-likeness (QED) is 0.729. The smallest absolute Gasteiger partial charge is 0.312 e. The molecule has 0 heterocycles. The van der Waals surface area contributed by atoms with Crippen LogP contribution in [-0.4, -0.2) is 17.1 Å². The number of benzene rings is 1. The summed E-state index contributed by atoms with van der Waals surface area (Å²) in [6.45, 7) is 1.97. The van der Waals surface area contributed by atoms with E-state index in [9.17, 15) is 4.79 Å². The first-order valence-electron chi connectivity index (χ1n) is 5.17. The molecule has 0 aromatic heterocycles. The number of carboxylic acid groups (broad SMARTS) is 1. The van der Waals surface area contributed by atoms with E-state index < -0.39 is 11.9 Å². The third kappa shape index (κ3) is 1.75. The molecule has 80 valence electrons. The molecule has 3 nitrogen and oxygen atoms in total. The van der Waals surface area contributed by atoms with Gasteiger partial charge in [0.05, 0.1) is 5.92 Å². The van der Waals surface area contributed by atoms with Crippen LogP contribution in [0.4, 0.5) is 0 Å². The fourth-order valence-corrected chi connectivity index (χ4v) is 2.27. The number of hydrogen-bond donors (Lipinski definition) is 2. The van der Waals surface area contributed by atoms with Crippen molar-refractivity contribution in [2.45, 2.75) is 31.7 Å². The Morgan fingerprint density at radius 1 is 1.53 bits per heavy atom. The molecule has 0 aliphatic heterocycles. The zero-order valence-corrected chi connectivity index (χ0v) is 8.73. The molecule has 1 aromatic rings. The van der Waals surface area contributed by atoms with Crippen molar-refractivity contribution in [2.75, 3.05) is 0 Å². The summed E-state index contributed by atoms with van der Waals surface area (Å²) in [4.78, 5) is 11.2. The number of rotatable bonds is 1. The third-order valence-electron chi connectivity index (χ3n) is 3.08. The maximum absolute atomic E-state index is 11.2. The van der Waals surface area contributed by atoms with Gasteiger partial charge >= 0.3 is 5.97 Å². The van der Waals surface area contributed by atoms with Crippen molar-refractivity contribution in [3.8, 4) is 0 Å². The van der Waals surface area contributed by atoms with Crippen molar-refractivity contribution < 1.29 is 9.90 Å². The van der Waals surface area contributed by atoms with E-state index in [0.717, 1.165) is 29.5 Å². The highest BCUT2D eigenvalue weighted by Gasteiger charge is 2.32. The number of carboxylic acids is 1. The van der Waals surface area contributed by atoms with Gasteiger partial charge in [0.15, 0.2) is 0 Å². The predicted molar refractivity (Wildman–Crippen MR) is 57.9 cm³/mol. The highest BCUT2D eigenvalue weighted by molar-refractivity contribution is 5.78. The van der Waals surface area contributed by atoms with Gasteiger partial charge in [-0.1, -0.05) is 23.8 Å². The van der Waals surface area contributed by atoms with Gasteiger partial charge in [0.1, 0.15) is 0 Å². The van der Waals surface area contributed by atoms with Gasteiger partial charge in [-0.3, -0.25) is 4.79 Å². The zero-order valence-electron chi connectivity index (χ0n) is 8.73. The number of hydrogen-bond acceptors (Lipinski definition) is 2. The predicted octanol–water partition coefficient (Wildman–Crippen LogP) is 1.44. The molecule has 0 radical (unpaired) electrons. The minimum Gasteiger partial charge on any atom is -0.481 e. The molecule has 3 heteroatoms. The van der Waals surface area contributed by atoms with Crippen molar-refractivity contribution in [1.82, 2.24) is 0 Å². The second-order valence-corrected chi connectivity index (χ2v) is 4.22. The zero-order chi connectivity index (χ0) is 11.0. The maximum atomic E-state index is 11.2. The first-order valence-corrected chi connectivity index (χ1v) is 5.17. The summed E-state index contributed by atoms with van der Waals surface area (Å²) in [6.07, 6.45) is 1.65. The lowest BCUT2D eigenvalue weighted by Gasteiger charge is -2.28. The molecule has 0 saturated heterocycles. The minimum atomic E-state index is -0.811. The van der Waals surface area contributed by atoms with Gasteiger partial charge in [-0.05, 0) is 30.9 Å². The van der Waals surface area contributed by atoms with E-state index >= 15 is 0 Å². The Labute approximate surface area is 88.9 Å². The van der Waals surface area contributed by atoms with Crippen molar-refractivity contribution >= 4 is 5.97 Å². The summed E-state index contributed by atoms with van der Waals surface area (Å²) >= 11 is 0. The summed E-state index contributed by atoms with van der Waals surface area (Å²) in [5.74, 6) is -1.34. The van der Waals surface area contributed by atoms with Crippen LogP contribution in [0.2, 0.25) is 0 Å². The molecule has 1 aliphatic rings. The standard InChI is InChI=1S/C12H15NO2/c1-7-2-3-8-4-5-10(13)11(12(14)15)9(8)6-7/h2-3,6,10-11H,4-5,13H2,1H3,(H,14,15). The molecule has 0 saturated carbocycles. The second-order valence-electron chi connectivity index (χ2n) is 4.22. The molecule has 2 unspecified atom stereocenters. The Morgan fingerprint density at radius 2 is 2.27 bits per heavy atom. The SMILES string of the molecule is Cc1ccc2c(c1)C(C(=O)O)C(N)CC2. The van der Waals surface area contributed by atoms with Crippen LogP contribution in [0.1, 0.15) is 29.0 Å². The van der Waals surface area contributed by atoms with E-state index in [2.05, 4.69) is 0 Å². The van der Waals surface area contributed by atoms with Crippen molar-refractivity contribution in [3.05, 3.63) is 34.9 Å². The third-order valence-corrected chi connectivity index (χ3v) is 3.08. The Hall–Kier alpha value is -1.35. The number of fused-ring (bicyclic) bond motifs is 1. The van der Waals surface area contributed by atoms with E-state index in [1.54, 1.807) is 0 Å². The van der Waals surface area contributed by atoms with Gasteiger partial charge < -0.3 is 10.8 Å². The Bertz CT molecular complexity index is 401. The van der Waals surface area contributed by atoms with E-state index in [1.165, 1.54) is 0 Å². The molecule has 0 bridgehead atoms. The summed E-state index contributed by atoms with van der Waals surface area (Å²) in [5, 5.41) is 9.17. The van der Waals surface area contributed by atoms with Crippen LogP contribution in [0.3, 0.4) is 0 Å². The van der Waals surface area contributed by atoms with Gasteiger partial charge in [0.2, 0.25) is 0 Å². The van der Waals surface area contributed by atoms with Gasteiger partial charge in [-0.2, -0.15) is 0 Å². The van der Waals surface area contributed by atoms with Gasteiger partial charge in [0, 0.05) is 6.04 Å². The van der Waals surface area contributed by atoms with Gasteiger partial charge in [-0.25, -0.2) is 0 Å². The fraction of sp³-hybridized carbons (Fsp3) is 0.417. The molecule has 3 N–H and O–H groups in total. The average Bonchev–Trinajstić information content (AvgIpc) is 2.16. The number of carbonyl (C=O) groups is 1. The first-order chi connectivity index (χ1) is 7.09. The van der Waals surface area contributed by atoms with Gasteiger partial charge in [-0.15, -0.1) is 0 Å². The van der Waals surface area contributed by atoms with Crippen LogP contribution in [0.25, 0.3) is 0 Å². The Balaban J connectivity index is 2.50. The highest BCUT2D eigenvalue weighted by Crippen LogP contribution is 2.31. The van der Waals surface area contributed by atoms with Crippen LogP contribution in [0, 0.1) is 6.92 Å². The Kier molecular flexibility index (Phi) is 2.49. The van der Waals surface area contributed by atoms with E-state index in [-0.39, 0.29) is 6.04 Å². The van der Waals surface area contributed by atoms with Crippen molar-refractivity contribution in [1.29, 1.82) is 0 Å². The molecule has 2 atom stereocenters. The number of aliphatic carboxylic acids is 1. The maximum Gasteiger partial charge on any atom is 0.312 e. The lowest BCUT2D eigenvalue weighted by Crippen LogP contribution is -2.37. The van der Waals surface area contributed by atoms with Gasteiger partial charge in [0.25, 0.3) is 0 Å². The Morgan fingerprint density at radius 3 is 2.93 bits per heavy atom. The molecular formula is C12H15NO2. The summed E-state index contributed by atoms with van der Waals surface area (Å²) < 4.78 is 0. The highest BCUT2D eigenvalue weighted by atomic mass is 16.4. The lowest BCUT2D eigenvalue weighted by atomic mass is 9.79. The van der Waals surface area contributed by atoms with Crippen molar-refractivity contribution in [2.24, 2.45) is 5.73 Å². The van der Waals surface area contributed by atoms with Crippen molar-refractivity contribution in [3.63, 3.8) is 0 Å². The topological polar surface area (TPSA) is 63.3 Å². The molecule has 0 fully saturated rings. The van der Waals surface area contributed by atoms with E-state index in [4.69, 9.17) is 10.8 Å². The monoisotopic (exact) mass is 205 g/mol. The summed E-state index contributed by atoms with van der Waals surface area (Å²) in [6, 6.07) is 5.74. The molecule has 15 heavy (non-hydrogen) atoms. The molecule has 0 amide bonds. The molecular weight excluding hydrogens is 190 g/mol. The van der Waals surface area contributed by atoms with Crippen LogP contribution in [0.15, 0.2) is 18.2 Å². The van der Waals surface area contributed by atoms with Crippen LogP contribution in [-0.2, 0) is 11.2 Å². The largest absolute Gasteiger partial charge is 0.481 e. The number of aryl methyl sites for hydroxylation is 2. The van der Waals surface area contributed by atoms with E-state index in [1.807, 2.05) is 25.1 Å².